The van der Waals surface area contributed by atoms with Crippen molar-refractivity contribution in [1.29, 1.82) is 0 Å². The molecule has 0 saturated carbocycles. The van der Waals surface area contributed by atoms with Crippen molar-refractivity contribution in [1.82, 2.24) is 0 Å². The molecule has 80 valence electrons. The predicted molar refractivity (Wildman–Crippen MR) is 64.8 cm³/mol. The third-order valence-electron chi connectivity index (χ3n) is 2.40. The Morgan fingerprint density at radius 3 is 2.93 bits per heavy atom. The molecule has 1 aromatic carbocycles. The summed E-state index contributed by atoms with van der Waals surface area (Å²) in [5.74, 6) is 1.75. The highest BCUT2D eigenvalue weighted by Crippen LogP contribution is 2.24. The molecule has 1 aliphatic rings. The number of nitrogens with two attached hydrogens (primary N) is 1. The number of hydrogen-bond donors (Lipinski definition) is 1. The Labute approximate surface area is 91.5 Å². The Kier molecular flexibility index (Phi) is 2.77. The van der Waals surface area contributed by atoms with Gasteiger partial charge >= 0.3 is 0 Å². The van der Waals surface area contributed by atoms with Crippen LogP contribution >= 0.6 is 0 Å². The smallest absolute Gasteiger partial charge is 0.132 e. The highest BCUT2D eigenvalue weighted by Gasteiger charge is 2.03. The zero-order chi connectivity index (χ0) is 10.7. The third-order valence-corrected chi connectivity index (χ3v) is 2.40. The Morgan fingerprint density at radius 1 is 1.33 bits per heavy atom. The summed E-state index contributed by atoms with van der Waals surface area (Å²) < 4.78 is 5.76. The maximum atomic E-state index is 5.76. The van der Waals surface area contributed by atoms with Gasteiger partial charge in [-0.15, -0.1) is 0 Å². The first kappa shape index (κ1) is 9.84. The Morgan fingerprint density at radius 2 is 2.20 bits per heavy atom. The van der Waals surface area contributed by atoms with Gasteiger partial charge in [-0.2, -0.15) is 0 Å². The second-order valence-electron chi connectivity index (χ2n) is 3.71. The summed E-state index contributed by atoms with van der Waals surface area (Å²) in [7, 11) is 0. The van der Waals surface area contributed by atoms with E-state index in [0.717, 1.165) is 35.6 Å². The maximum absolute atomic E-state index is 5.76. The molecule has 0 unspecified atom stereocenters. The maximum Gasteiger partial charge on any atom is 0.132 e. The zero-order valence-electron chi connectivity index (χ0n) is 8.86. The Bertz CT molecular complexity index is 424. The van der Waals surface area contributed by atoms with Crippen LogP contribution in [0.15, 0.2) is 42.2 Å². The van der Waals surface area contributed by atoms with Crippen LogP contribution in [0.4, 0.5) is 5.69 Å². The average molecular weight is 203 g/mol. The standard InChI is InChI=1S/C13H15NO.H2/c1-10-7-8-11(14)9-13(10)15-12-5-3-2-4-6-12;/h3,5-9H,2,4,14H2,1H3;1H. The van der Waals surface area contributed by atoms with Crippen molar-refractivity contribution in [3.8, 4) is 5.75 Å². The number of ether oxygens (including phenoxy) is 1. The highest BCUT2D eigenvalue weighted by molar-refractivity contribution is 5.48. The molecule has 2 N–H and O–H groups in total. The molecule has 0 fully saturated rings. The summed E-state index contributed by atoms with van der Waals surface area (Å²) in [5, 5.41) is 0. The fourth-order valence-corrected chi connectivity index (χ4v) is 1.52. The first-order valence-corrected chi connectivity index (χ1v) is 5.16. The van der Waals surface area contributed by atoms with E-state index in [1.807, 2.05) is 31.2 Å². The van der Waals surface area contributed by atoms with E-state index in [0.29, 0.717) is 0 Å². The van der Waals surface area contributed by atoms with Crippen LogP contribution in [0.5, 0.6) is 5.75 Å². The molecule has 0 heterocycles. The topological polar surface area (TPSA) is 35.2 Å². The van der Waals surface area contributed by atoms with Crippen LogP contribution in [0.3, 0.4) is 0 Å². The molecule has 1 aromatic rings. The minimum atomic E-state index is 0. The van der Waals surface area contributed by atoms with Gasteiger partial charge in [0.2, 0.25) is 0 Å². The molecule has 0 aromatic heterocycles. The van der Waals surface area contributed by atoms with E-state index in [2.05, 4.69) is 12.2 Å². The van der Waals surface area contributed by atoms with Crippen molar-refractivity contribution >= 4 is 5.69 Å². The van der Waals surface area contributed by atoms with E-state index < -0.39 is 0 Å². The minimum Gasteiger partial charge on any atom is -0.457 e. The Balaban J connectivity index is 0.00000128. The quantitative estimate of drug-likeness (QED) is 0.747. The lowest BCUT2D eigenvalue weighted by atomic mass is 10.1. The van der Waals surface area contributed by atoms with Crippen LogP contribution in [0, 0.1) is 6.92 Å². The van der Waals surface area contributed by atoms with Gasteiger partial charge in [0.1, 0.15) is 11.5 Å². The average Bonchev–Trinajstić information content (AvgIpc) is 2.25. The molecular weight excluding hydrogens is 186 g/mol. The molecule has 0 radical (unpaired) electrons. The molecular formula is C13H17NO. The van der Waals surface area contributed by atoms with Crippen molar-refractivity contribution in [2.24, 2.45) is 0 Å². The highest BCUT2D eigenvalue weighted by atomic mass is 16.5. The lowest BCUT2D eigenvalue weighted by Crippen LogP contribution is -1.97. The van der Waals surface area contributed by atoms with Crippen molar-refractivity contribution < 1.29 is 6.16 Å². The second-order valence-corrected chi connectivity index (χ2v) is 3.71. The second kappa shape index (κ2) is 4.22. The molecule has 1 aliphatic carbocycles. The normalized spacial score (nSPS) is 14.9. The summed E-state index contributed by atoms with van der Waals surface area (Å²) in [6.07, 6.45) is 8.38. The molecule has 0 atom stereocenters. The van der Waals surface area contributed by atoms with Gasteiger partial charge in [0.15, 0.2) is 0 Å². The van der Waals surface area contributed by atoms with E-state index >= 15 is 0 Å². The molecule has 2 rings (SSSR count). The first-order valence-electron chi connectivity index (χ1n) is 5.16. The van der Waals surface area contributed by atoms with Crippen molar-refractivity contribution in [3.63, 3.8) is 0 Å². The lowest BCUT2D eigenvalue weighted by molar-refractivity contribution is 0.436. The van der Waals surface area contributed by atoms with E-state index in [9.17, 15) is 0 Å². The van der Waals surface area contributed by atoms with Crippen LogP contribution in [0.2, 0.25) is 0 Å². The van der Waals surface area contributed by atoms with Gasteiger partial charge in [0.05, 0.1) is 0 Å². The molecule has 0 aliphatic heterocycles. The first-order chi connectivity index (χ1) is 7.25. The number of aryl methyl sites for hydroxylation is 1. The van der Waals surface area contributed by atoms with Gasteiger partial charge in [-0.3, -0.25) is 0 Å². The van der Waals surface area contributed by atoms with Crippen LogP contribution in [0.1, 0.15) is 19.8 Å². The Hall–Kier alpha value is -1.70. The summed E-state index contributed by atoms with van der Waals surface area (Å²) in [6.45, 7) is 2.02. The van der Waals surface area contributed by atoms with Crippen molar-refractivity contribution in [3.05, 3.63) is 47.7 Å². The molecule has 0 bridgehead atoms. The van der Waals surface area contributed by atoms with Gasteiger partial charge in [0.25, 0.3) is 0 Å². The molecule has 2 nitrogen and oxygen atoms in total. The summed E-state index contributed by atoms with van der Waals surface area (Å²) in [4.78, 5) is 0. The summed E-state index contributed by atoms with van der Waals surface area (Å²) in [5.41, 5.74) is 7.55. The third kappa shape index (κ3) is 2.40. The van der Waals surface area contributed by atoms with Gasteiger partial charge in [-0.1, -0.05) is 12.1 Å². The molecule has 15 heavy (non-hydrogen) atoms. The van der Waals surface area contributed by atoms with E-state index in [1.165, 1.54) is 0 Å². The number of anilines is 1. The van der Waals surface area contributed by atoms with Gasteiger partial charge in [0, 0.05) is 13.2 Å². The van der Waals surface area contributed by atoms with Crippen molar-refractivity contribution in [2.75, 3.05) is 5.73 Å². The van der Waals surface area contributed by atoms with Crippen LogP contribution in [-0.2, 0) is 0 Å². The van der Waals surface area contributed by atoms with E-state index in [1.54, 1.807) is 0 Å². The summed E-state index contributed by atoms with van der Waals surface area (Å²) >= 11 is 0. The van der Waals surface area contributed by atoms with E-state index in [-0.39, 0.29) is 1.43 Å². The predicted octanol–water partition coefficient (Wildman–Crippen LogP) is 3.44. The number of rotatable bonds is 2. The van der Waals surface area contributed by atoms with Crippen LogP contribution in [-0.4, -0.2) is 0 Å². The molecule has 0 saturated heterocycles. The minimum absolute atomic E-state index is 0. The zero-order valence-corrected chi connectivity index (χ0v) is 8.86. The molecule has 2 heteroatoms. The van der Waals surface area contributed by atoms with Gasteiger partial charge in [-0.05, 0) is 43.5 Å². The number of hydrogen-bond acceptors (Lipinski definition) is 2. The van der Waals surface area contributed by atoms with Crippen LogP contribution in [0.25, 0.3) is 0 Å². The van der Waals surface area contributed by atoms with E-state index in [4.69, 9.17) is 10.5 Å². The molecule has 0 spiro atoms. The van der Waals surface area contributed by atoms with Gasteiger partial charge in [-0.25, -0.2) is 0 Å². The van der Waals surface area contributed by atoms with Gasteiger partial charge < -0.3 is 10.5 Å². The van der Waals surface area contributed by atoms with Crippen LogP contribution < -0.4 is 10.5 Å². The number of nitrogen functional groups attached to an aromatic ring is 1. The summed E-state index contributed by atoms with van der Waals surface area (Å²) in [6, 6.07) is 5.71. The van der Waals surface area contributed by atoms with Crippen molar-refractivity contribution in [2.45, 2.75) is 19.8 Å². The number of benzene rings is 1. The number of allylic oxidation sites excluding steroid dienone is 3. The largest absolute Gasteiger partial charge is 0.457 e. The fourth-order valence-electron chi connectivity index (χ4n) is 1.52. The monoisotopic (exact) mass is 203 g/mol. The SMILES string of the molecule is Cc1ccc(N)cc1OC1=CCCC=C1.[HH]. The lowest BCUT2D eigenvalue weighted by Gasteiger charge is -2.12. The fraction of sp³-hybridized carbons (Fsp3) is 0.231. The molecule has 0 amide bonds.